The second-order valence-electron chi connectivity index (χ2n) is 2.15. The van der Waals surface area contributed by atoms with E-state index in [2.05, 4.69) is 11.9 Å². The monoisotopic (exact) mass is 141 g/mol. The van der Waals surface area contributed by atoms with E-state index in [1.54, 1.807) is 6.08 Å². The van der Waals surface area contributed by atoms with E-state index >= 15 is 0 Å². The van der Waals surface area contributed by atoms with Crippen molar-refractivity contribution in [2.24, 2.45) is 5.92 Å². The van der Waals surface area contributed by atoms with E-state index in [0.29, 0.717) is 6.54 Å². The smallest absolute Gasteiger partial charge is 0.226 e. The lowest BCUT2D eigenvalue weighted by atomic mass is 10.1. The molecule has 0 aliphatic carbocycles. The molecule has 10 heavy (non-hydrogen) atoms. The van der Waals surface area contributed by atoms with Crippen LogP contribution in [0.3, 0.4) is 0 Å². The maximum absolute atomic E-state index is 11.0. The molecule has 1 atom stereocenters. The Hall–Kier alpha value is -0.790. The Morgan fingerprint density at radius 3 is 2.60 bits per heavy atom. The van der Waals surface area contributed by atoms with Crippen LogP contribution in [0.1, 0.15) is 20.3 Å². The van der Waals surface area contributed by atoms with Crippen molar-refractivity contribution in [3.8, 4) is 0 Å². The van der Waals surface area contributed by atoms with Crippen molar-refractivity contribution in [2.45, 2.75) is 20.3 Å². The first kappa shape index (κ1) is 9.21. The summed E-state index contributed by atoms with van der Waals surface area (Å²) in [6, 6.07) is 0. The van der Waals surface area contributed by atoms with Crippen molar-refractivity contribution in [1.29, 1.82) is 0 Å². The molecule has 0 spiro atoms. The van der Waals surface area contributed by atoms with Gasteiger partial charge in [0.25, 0.3) is 0 Å². The molecule has 58 valence electrons. The molecular weight excluding hydrogens is 126 g/mol. The highest BCUT2D eigenvalue weighted by molar-refractivity contribution is 5.80. The van der Waals surface area contributed by atoms with E-state index in [1.807, 2.05) is 13.8 Å². The van der Waals surface area contributed by atoms with Gasteiger partial charge in [-0.25, -0.2) is 0 Å². The quantitative estimate of drug-likeness (QED) is 0.588. The van der Waals surface area contributed by atoms with Crippen LogP contribution in [0, 0.1) is 5.92 Å². The molecule has 0 aromatic rings. The number of rotatable bonds is 4. The molecule has 0 saturated heterocycles. The summed E-state index contributed by atoms with van der Waals surface area (Å²) in [6.07, 6.45) is 2.51. The van der Waals surface area contributed by atoms with E-state index in [1.165, 1.54) is 0 Å². The molecular formula is C8H15NO. The lowest BCUT2D eigenvalue weighted by Gasteiger charge is -2.07. The molecule has 0 aliphatic heterocycles. The lowest BCUT2D eigenvalue weighted by Crippen LogP contribution is -2.28. The Balaban J connectivity index is 3.76. The molecule has 0 fully saturated rings. The van der Waals surface area contributed by atoms with Crippen LogP contribution in [0.2, 0.25) is 0 Å². The summed E-state index contributed by atoms with van der Waals surface area (Å²) in [5, 5.41) is 2.74. The molecule has 0 aromatic carbocycles. The molecule has 2 nitrogen and oxygen atoms in total. The predicted octanol–water partition coefficient (Wildman–Crippen LogP) is 1.33. The lowest BCUT2D eigenvalue weighted by molar-refractivity contribution is -0.123. The maximum Gasteiger partial charge on any atom is 0.226 e. The molecule has 0 radical (unpaired) electrons. The molecule has 2 heteroatoms. The minimum Gasteiger partial charge on any atom is -0.356 e. The molecule has 0 bridgehead atoms. The van der Waals surface area contributed by atoms with E-state index in [0.717, 1.165) is 6.42 Å². The molecule has 0 heterocycles. The number of carbonyl (C=O) groups is 1. The van der Waals surface area contributed by atoms with Crippen LogP contribution in [0.25, 0.3) is 0 Å². The SMILES string of the molecule is C=CC(CC)C(=O)NCC. The molecule has 0 rings (SSSR count). The van der Waals surface area contributed by atoms with Gasteiger partial charge in [0.15, 0.2) is 0 Å². The highest BCUT2D eigenvalue weighted by atomic mass is 16.1. The highest BCUT2D eigenvalue weighted by Gasteiger charge is 2.09. The summed E-state index contributed by atoms with van der Waals surface area (Å²) in [6.45, 7) is 8.16. The van der Waals surface area contributed by atoms with Gasteiger partial charge in [0.2, 0.25) is 5.91 Å². The van der Waals surface area contributed by atoms with Crippen LogP contribution in [0.15, 0.2) is 12.7 Å². The first-order chi connectivity index (χ1) is 4.76. The second kappa shape index (κ2) is 5.03. The van der Waals surface area contributed by atoms with Crippen molar-refractivity contribution >= 4 is 5.91 Å². The van der Waals surface area contributed by atoms with E-state index in [9.17, 15) is 4.79 Å². The number of carbonyl (C=O) groups excluding carboxylic acids is 1. The Labute approximate surface area is 62.3 Å². The van der Waals surface area contributed by atoms with Crippen molar-refractivity contribution in [3.63, 3.8) is 0 Å². The topological polar surface area (TPSA) is 29.1 Å². The standard InChI is InChI=1S/C8H15NO/c1-4-7(5-2)8(10)9-6-3/h4,7H,1,5-6H2,2-3H3,(H,9,10). The van der Waals surface area contributed by atoms with Gasteiger partial charge in [0.1, 0.15) is 0 Å². The number of nitrogens with one attached hydrogen (secondary N) is 1. The van der Waals surface area contributed by atoms with Gasteiger partial charge >= 0.3 is 0 Å². The first-order valence-corrected chi connectivity index (χ1v) is 3.66. The fourth-order valence-electron chi connectivity index (χ4n) is 0.764. The fraction of sp³-hybridized carbons (Fsp3) is 0.625. The highest BCUT2D eigenvalue weighted by Crippen LogP contribution is 2.02. The van der Waals surface area contributed by atoms with Gasteiger partial charge in [-0.3, -0.25) is 4.79 Å². The van der Waals surface area contributed by atoms with Crippen molar-refractivity contribution in [2.75, 3.05) is 6.54 Å². The van der Waals surface area contributed by atoms with Crippen molar-refractivity contribution in [3.05, 3.63) is 12.7 Å². The van der Waals surface area contributed by atoms with Crippen LogP contribution in [-0.4, -0.2) is 12.5 Å². The largest absolute Gasteiger partial charge is 0.356 e. The van der Waals surface area contributed by atoms with E-state index < -0.39 is 0 Å². The van der Waals surface area contributed by atoms with Gasteiger partial charge < -0.3 is 5.32 Å². The van der Waals surface area contributed by atoms with Crippen LogP contribution < -0.4 is 5.32 Å². The molecule has 0 saturated carbocycles. The minimum absolute atomic E-state index is 0.0139. The van der Waals surface area contributed by atoms with Gasteiger partial charge in [-0.05, 0) is 13.3 Å². The number of hydrogen-bond acceptors (Lipinski definition) is 1. The molecule has 1 unspecified atom stereocenters. The van der Waals surface area contributed by atoms with Gasteiger partial charge in [-0.15, -0.1) is 6.58 Å². The van der Waals surface area contributed by atoms with Gasteiger partial charge in [0, 0.05) is 6.54 Å². The zero-order chi connectivity index (χ0) is 7.98. The summed E-state index contributed by atoms with van der Waals surface area (Å²) >= 11 is 0. The van der Waals surface area contributed by atoms with Crippen LogP contribution >= 0.6 is 0 Å². The predicted molar refractivity (Wildman–Crippen MR) is 42.7 cm³/mol. The van der Waals surface area contributed by atoms with Crippen LogP contribution in [0.4, 0.5) is 0 Å². The third-order valence-corrected chi connectivity index (χ3v) is 1.41. The number of amides is 1. The first-order valence-electron chi connectivity index (χ1n) is 3.66. The fourth-order valence-corrected chi connectivity index (χ4v) is 0.764. The van der Waals surface area contributed by atoms with Gasteiger partial charge in [-0.1, -0.05) is 13.0 Å². The average molecular weight is 141 g/mol. The van der Waals surface area contributed by atoms with E-state index in [4.69, 9.17) is 0 Å². The zero-order valence-electron chi connectivity index (χ0n) is 6.68. The second-order valence-corrected chi connectivity index (χ2v) is 2.15. The summed E-state index contributed by atoms with van der Waals surface area (Å²) in [5.74, 6) is 0.0694. The Kier molecular flexibility index (Phi) is 4.63. The van der Waals surface area contributed by atoms with Crippen LogP contribution in [0.5, 0.6) is 0 Å². The third-order valence-electron chi connectivity index (χ3n) is 1.41. The van der Waals surface area contributed by atoms with Crippen molar-refractivity contribution < 1.29 is 4.79 Å². The summed E-state index contributed by atoms with van der Waals surface area (Å²) in [7, 11) is 0. The Morgan fingerprint density at radius 2 is 2.30 bits per heavy atom. The molecule has 0 aliphatic rings. The van der Waals surface area contributed by atoms with E-state index in [-0.39, 0.29) is 11.8 Å². The molecule has 1 N–H and O–H groups in total. The third kappa shape index (κ3) is 2.67. The average Bonchev–Trinajstić information content (AvgIpc) is 1.91. The Bertz CT molecular complexity index is 120. The van der Waals surface area contributed by atoms with Gasteiger partial charge in [0.05, 0.1) is 5.92 Å². The molecule has 0 aromatic heterocycles. The normalized spacial score (nSPS) is 12.2. The number of hydrogen-bond donors (Lipinski definition) is 1. The van der Waals surface area contributed by atoms with Crippen LogP contribution in [-0.2, 0) is 4.79 Å². The maximum atomic E-state index is 11.0. The molecule has 1 amide bonds. The zero-order valence-corrected chi connectivity index (χ0v) is 6.68. The van der Waals surface area contributed by atoms with Gasteiger partial charge in [-0.2, -0.15) is 0 Å². The summed E-state index contributed by atoms with van der Waals surface area (Å²) in [4.78, 5) is 11.0. The van der Waals surface area contributed by atoms with Crippen molar-refractivity contribution in [1.82, 2.24) is 5.32 Å². The Morgan fingerprint density at radius 1 is 1.70 bits per heavy atom. The minimum atomic E-state index is -0.0139. The summed E-state index contributed by atoms with van der Waals surface area (Å²) < 4.78 is 0. The summed E-state index contributed by atoms with van der Waals surface area (Å²) in [5.41, 5.74) is 0.